The molecule has 30 heavy (non-hydrogen) atoms. The summed E-state index contributed by atoms with van der Waals surface area (Å²) >= 11 is 0. The Morgan fingerprint density at radius 1 is 1.20 bits per heavy atom. The van der Waals surface area contributed by atoms with Crippen LogP contribution in [0.1, 0.15) is 52.0 Å². The number of carbonyl (C=O) groups is 1. The Bertz CT molecular complexity index is 699. The highest BCUT2D eigenvalue weighted by molar-refractivity contribution is 14.0. The van der Waals surface area contributed by atoms with E-state index in [1.165, 1.54) is 12.8 Å². The molecule has 1 aromatic heterocycles. The number of guanidine groups is 1. The molecule has 2 fully saturated rings. The SMILES string of the molecule is CCNC(=NCc1ccnc(OC2CCC(C)CC2)c1)N1CCN(C(C)=O)CC1.I. The van der Waals surface area contributed by atoms with Gasteiger partial charge in [-0.3, -0.25) is 4.79 Å². The second kappa shape index (κ2) is 12.3. The lowest BCUT2D eigenvalue weighted by Gasteiger charge is -2.36. The fraction of sp³-hybridized carbons (Fsp3) is 0.682. The summed E-state index contributed by atoms with van der Waals surface area (Å²) in [6, 6.07) is 4.01. The number of ether oxygens (including phenoxy) is 1. The highest BCUT2D eigenvalue weighted by atomic mass is 127. The molecule has 0 radical (unpaired) electrons. The number of piperazine rings is 1. The van der Waals surface area contributed by atoms with Gasteiger partial charge in [0.1, 0.15) is 6.10 Å². The molecule has 0 unspecified atom stereocenters. The predicted molar refractivity (Wildman–Crippen MR) is 130 cm³/mol. The molecule has 2 heterocycles. The number of aromatic nitrogens is 1. The van der Waals surface area contributed by atoms with Gasteiger partial charge in [0.05, 0.1) is 6.54 Å². The number of halogens is 1. The van der Waals surface area contributed by atoms with Crippen molar-refractivity contribution in [3.63, 3.8) is 0 Å². The Hall–Kier alpha value is -1.58. The van der Waals surface area contributed by atoms with Crippen LogP contribution >= 0.6 is 24.0 Å². The van der Waals surface area contributed by atoms with E-state index in [1.807, 2.05) is 23.2 Å². The zero-order valence-corrected chi connectivity index (χ0v) is 20.8. The van der Waals surface area contributed by atoms with Gasteiger partial charge in [-0.05, 0) is 50.2 Å². The van der Waals surface area contributed by atoms with Crippen LogP contribution in [-0.4, -0.2) is 65.5 Å². The summed E-state index contributed by atoms with van der Waals surface area (Å²) < 4.78 is 6.13. The van der Waals surface area contributed by atoms with E-state index >= 15 is 0 Å². The molecule has 3 rings (SSSR count). The van der Waals surface area contributed by atoms with Gasteiger partial charge in [-0.25, -0.2) is 9.98 Å². The Balaban J connectivity index is 0.00000320. The number of hydrogen-bond donors (Lipinski definition) is 1. The van der Waals surface area contributed by atoms with E-state index in [4.69, 9.17) is 9.73 Å². The van der Waals surface area contributed by atoms with Crippen molar-refractivity contribution < 1.29 is 9.53 Å². The standard InChI is InChI=1S/C22H35N5O2.HI/c1-4-23-22(27-13-11-26(12-14-27)18(3)28)25-16-19-9-10-24-21(15-19)29-20-7-5-17(2)6-8-20;/h9-10,15,17,20H,4-8,11-14,16H2,1-3H3,(H,23,25);1H. The molecule has 1 aromatic rings. The van der Waals surface area contributed by atoms with Crippen LogP contribution in [0, 0.1) is 5.92 Å². The van der Waals surface area contributed by atoms with E-state index in [1.54, 1.807) is 6.92 Å². The zero-order chi connectivity index (χ0) is 20.6. The van der Waals surface area contributed by atoms with E-state index in [0.29, 0.717) is 12.4 Å². The number of rotatable bonds is 5. The largest absolute Gasteiger partial charge is 0.474 e. The van der Waals surface area contributed by atoms with E-state index in [0.717, 1.165) is 63.0 Å². The van der Waals surface area contributed by atoms with Crippen LogP contribution in [0.3, 0.4) is 0 Å². The zero-order valence-electron chi connectivity index (χ0n) is 18.5. The third-order valence-corrected chi connectivity index (χ3v) is 5.82. The molecule has 1 N–H and O–H groups in total. The van der Waals surface area contributed by atoms with Crippen LogP contribution in [0.15, 0.2) is 23.3 Å². The molecule has 1 aliphatic carbocycles. The Labute approximate surface area is 197 Å². The molecule has 0 atom stereocenters. The first kappa shape index (κ1) is 24.7. The molecule has 168 valence electrons. The second-order valence-electron chi connectivity index (χ2n) is 8.17. The molecule has 1 aliphatic heterocycles. The lowest BCUT2D eigenvalue weighted by atomic mass is 9.89. The van der Waals surface area contributed by atoms with Crippen LogP contribution in [0.5, 0.6) is 5.88 Å². The van der Waals surface area contributed by atoms with Crippen LogP contribution in [0.25, 0.3) is 0 Å². The fourth-order valence-corrected chi connectivity index (χ4v) is 3.96. The quantitative estimate of drug-likeness (QED) is 0.360. The normalized spacial score (nSPS) is 22.3. The summed E-state index contributed by atoms with van der Waals surface area (Å²) in [5, 5.41) is 3.38. The maximum absolute atomic E-state index is 11.5. The minimum Gasteiger partial charge on any atom is -0.474 e. The van der Waals surface area contributed by atoms with Crippen molar-refractivity contribution in [3.05, 3.63) is 23.9 Å². The number of aliphatic imine (C=N–C) groups is 1. The van der Waals surface area contributed by atoms with Crippen LogP contribution in [0.4, 0.5) is 0 Å². The Morgan fingerprint density at radius 2 is 1.87 bits per heavy atom. The van der Waals surface area contributed by atoms with Gasteiger partial charge in [-0.15, -0.1) is 24.0 Å². The van der Waals surface area contributed by atoms with Crippen molar-refractivity contribution >= 4 is 35.8 Å². The molecule has 0 bridgehead atoms. The molecular weight excluding hydrogens is 493 g/mol. The first-order valence-corrected chi connectivity index (χ1v) is 11.0. The first-order valence-electron chi connectivity index (χ1n) is 11.0. The van der Waals surface area contributed by atoms with Gasteiger partial charge in [0, 0.05) is 51.9 Å². The molecule has 7 nitrogen and oxygen atoms in total. The van der Waals surface area contributed by atoms with Gasteiger partial charge < -0.3 is 19.9 Å². The number of nitrogens with zero attached hydrogens (tertiary/aromatic N) is 4. The average Bonchev–Trinajstić information content (AvgIpc) is 2.73. The number of pyridine rings is 1. The van der Waals surface area contributed by atoms with Gasteiger partial charge in [0.25, 0.3) is 0 Å². The monoisotopic (exact) mass is 529 g/mol. The van der Waals surface area contributed by atoms with Gasteiger partial charge in [-0.1, -0.05) is 6.92 Å². The lowest BCUT2D eigenvalue weighted by molar-refractivity contribution is -0.130. The van der Waals surface area contributed by atoms with Crippen molar-refractivity contribution in [2.45, 2.75) is 59.1 Å². The molecule has 2 aliphatic rings. The van der Waals surface area contributed by atoms with Crippen molar-refractivity contribution in [2.24, 2.45) is 10.9 Å². The number of carbonyl (C=O) groups excluding carboxylic acids is 1. The minimum atomic E-state index is 0. The molecule has 0 aromatic carbocycles. The third kappa shape index (κ3) is 7.28. The summed E-state index contributed by atoms with van der Waals surface area (Å²) in [7, 11) is 0. The van der Waals surface area contributed by atoms with E-state index < -0.39 is 0 Å². The van der Waals surface area contributed by atoms with Crippen molar-refractivity contribution in [3.8, 4) is 5.88 Å². The number of amides is 1. The smallest absolute Gasteiger partial charge is 0.219 e. The highest BCUT2D eigenvalue weighted by Crippen LogP contribution is 2.26. The predicted octanol–water partition coefficient (Wildman–Crippen LogP) is 3.29. The summed E-state index contributed by atoms with van der Waals surface area (Å²) in [5.41, 5.74) is 1.09. The first-order chi connectivity index (χ1) is 14.0. The van der Waals surface area contributed by atoms with Gasteiger partial charge in [-0.2, -0.15) is 0 Å². The summed E-state index contributed by atoms with van der Waals surface area (Å²) in [4.78, 5) is 24.9. The van der Waals surface area contributed by atoms with Crippen LogP contribution < -0.4 is 10.1 Å². The van der Waals surface area contributed by atoms with E-state index in [9.17, 15) is 4.79 Å². The van der Waals surface area contributed by atoms with Crippen molar-refractivity contribution in [2.75, 3.05) is 32.7 Å². The van der Waals surface area contributed by atoms with Crippen molar-refractivity contribution in [1.29, 1.82) is 0 Å². The fourth-order valence-electron chi connectivity index (χ4n) is 3.96. The Kier molecular flexibility index (Phi) is 10.1. The molecule has 1 amide bonds. The maximum atomic E-state index is 11.5. The molecule has 1 saturated carbocycles. The lowest BCUT2D eigenvalue weighted by Crippen LogP contribution is -2.53. The van der Waals surface area contributed by atoms with Crippen LogP contribution in [-0.2, 0) is 11.3 Å². The van der Waals surface area contributed by atoms with E-state index in [2.05, 4.69) is 29.0 Å². The molecule has 8 heteroatoms. The van der Waals surface area contributed by atoms with Crippen LogP contribution in [0.2, 0.25) is 0 Å². The van der Waals surface area contributed by atoms with Gasteiger partial charge >= 0.3 is 0 Å². The van der Waals surface area contributed by atoms with E-state index in [-0.39, 0.29) is 36.0 Å². The molecular formula is C22H36IN5O2. The molecule has 1 saturated heterocycles. The number of nitrogens with one attached hydrogen (secondary N) is 1. The summed E-state index contributed by atoms with van der Waals surface area (Å²) in [5.74, 6) is 2.56. The highest BCUT2D eigenvalue weighted by Gasteiger charge is 2.21. The maximum Gasteiger partial charge on any atom is 0.219 e. The second-order valence-corrected chi connectivity index (χ2v) is 8.17. The molecule has 0 spiro atoms. The topological polar surface area (TPSA) is 70.1 Å². The minimum absolute atomic E-state index is 0. The van der Waals surface area contributed by atoms with Crippen molar-refractivity contribution in [1.82, 2.24) is 20.1 Å². The van der Waals surface area contributed by atoms with Gasteiger partial charge in [0.2, 0.25) is 11.8 Å². The third-order valence-electron chi connectivity index (χ3n) is 5.82. The average molecular weight is 529 g/mol. The van der Waals surface area contributed by atoms with Gasteiger partial charge in [0.15, 0.2) is 5.96 Å². The number of hydrogen-bond acceptors (Lipinski definition) is 4. The Morgan fingerprint density at radius 3 is 2.50 bits per heavy atom. The summed E-state index contributed by atoms with van der Waals surface area (Å²) in [6.45, 7) is 10.5. The summed E-state index contributed by atoms with van der Waals surface area (Å²) in [6.07, 6.45) is 6.79.